The van der Waals surface area contributed by atoms with Crippen molar-refractivity contribution >= 4 is 11.6 Å². The quantitative estimate of drug-likeness (QED) is 0.811. The molecule has 1 fully saturated rings. The minimum Gasteiger partial charge on any atom is -0.491 e. The van der Waals surface area contributed by atoms with Crippen LogP contribution in [0.3, 0.4) is 0 Å². The Hall–Kier alpha value is -1.55. The van der Waals surface area contributed by atoms with Crippen molar-refractivity contribution in [2.75, 3.05) is 25.0 Å². The lowest BCUT2D eigenvalue weighted by atomic mass is 9.94. The first-order chi connectivity index (χ1) is 10.3. The highest BCUT2D eigenvalue weighted by Crippen LogP contribution is 2.24. The summed E-state index contributed by atoms with van der Waals surface area (Å²) < 4.78 is 5.66. The van der Waals surface area contributed by atoms with E-state index in [9.17, 15) is 4.79 Å². The molecule has 116 valence electrons. The lowest BCUT2D eigenvalue weighted by Gasteiger charge is -2.22. The number of rotatable bonds is 7. The van der Waals surface area contributed by atoms with E-state index in [-0.39, 0.29) is 5.91 Å². The van der Waals surface area contributed by atoms with Crippen LogP contribution in [0.5, 0.6) is 5.75 Å². The number of hydrogen-bond donors (Lipinski definition) is 2. The van der Waals surface area contributed by atoms with Crippen molar-refractivity contribution in [1.82, 2.24) is 5.32 Å². The lowest BCUT2D eigenvalue weighted by Crippen LogP contribution is -2.30. The molecule has 4 nitrogen and oxygen atoms in total. The molecule has 0 aliphatic carbocycles. The Morgan fingerprint density at radius 3 is 3.05 bits per heavy atom. The molecule has 0 saturated carbocycles. The minimum atomic E-state index is 0.0770. The van der Waals surface area contributed by atoms with Crippen molar-refractivity contribution < 1.29 is 9.53 Å². The van der Waals surface area contributed by atoms with Gasteiger partial charge >= 0.3 is 0 Å². The van der Waals surface area contributed by atoms with Crippen molar-refractivity contribution in [1.29, 1.82) is 0 Å². The molecule has 4 heteroatoms. The summed E-state index contributed by atoms with van der Waals surface area (Å²) in [5.74, 6) is 1.47. The highest BCUT2D eigenvalue weighted by Gasteiger charge is 2.15. The predicted octanol–water partition coefficient (Wildman–Crippen LogP) is 3.19. The average Bonchev–Trinajstić information content (AvgIpc) is 2.53. The zero-order valence-electron chi connectivity index (χ0n) is 12.9. The zero-order valence-corrected chi connectivity index (χ0v) is 12.9. The smallest absolute Gasteiger partial charge is 0.224 e. The van der Waals surface area contributed by atoms with E-state index in [4.69, 9.17) is 4.74 Å². The van der Waals surface area contributed by atoms with Gasteiger partial charge in [-0.05, 0) is 56.8 Å². The Morgan fingerprint density at radius 1 is 1.43 bits per heavy atom. The lowest BCUT2D eigenvalue weighted by molar-refractivity contribution is -0.116. The van der Waals surface area contributed by atoms with Crippen LogP contribution in [0.25, 0.3) is 0 Å². The monoisotopic (exact) mass is 290 g/mol. The Morgan fingerprint density at radius 2 is 2.29 bits per heavy atom. The summed E-state index contributed by atoms with van der Waals surface area (Å²) >= 11 is 0. The maximum absolute atomic E-state index is 12.1. The van der Waals surface area contributed by atoms with Crippen molar-refractivity contribution in [2.24, 2.45) is 5.92 Å². The average molecular weight is 290 g/mol. The van der Waals surface area contributed by atoms with Crippen LogP contribution in [0.15, 0.2) is 24.3 Å². The second-order valence-electron chi connectivity index (χ2n) is 5.64. The van der Waals surface area contributed by atoms with Gasteiger partial charge in [0.25, 0.3) is 0 Å². The number of para-hydroxylation sites is 2. The van der Waals surface area contributed by atoms with Gasteiger partial charge < -0.3 is 15.4 Å². The van der Waals surface area contributed by atoms with Crippen LogP contribution < -0.4 is 15.4 Å². The van der Waals surface area contributed by atoms with Gasteiger partial charge in [0.2, 0.25) is 5.91 Å². The molecule has 0 spiro atoms. The zero-order chi connectivity index (χ0) is 14.9. The maximum atomic E-state index is 12.1. The number of carbonyl (C=O) groups excluding carboxylic acids is 1. The summed E-state index contributed by atoms with van der Waals surface area (Å²) in [5.41, 5.74) is 0.776. The highest BCUT2D eigenvalue weighted by atomic mass is 16.5. The fraction of sp³-hybridized carbons (Fsp3) is 0.588. The summed E-state index contributed by atoms with van der Waals surface area (Å²) in [6.07, 6.45) is 4.94. The molecule has 1 unspecified atom stereocenters. The first-order valence-electron chi connectivity index (χ1n) is 8.02. The Labute approximate surface area is 127 Å². The van der Waals surface area contributed by atoms with E-state index in [0.717, 1.165) is 37.4 Å². The molecule has 1 aromatic carbocycles. The van der Waals surface area contributed by atoms with E-state index in [0.29, 0.717) is 18.9 Å². The van der Waals surface area contributed by atoms with E-state index in [1.165, 1.54) is 12.8 Å². The molecular formula is C17H26N2O2. The van der Waals surface area contributed by atoms with E-state index >= 15 is 0 Å². The second-order valence-corrected chi connectivity index (χ2v) is 5.64. The summed E-state index contributed by atoms with van der Waals surface area (Å²) in [6, 6.07) is 7.63. The Kier molecular flexibility index (Phi) is 6.54. The van der Waals surface area contributed by atoms with E-state index < -0.39 is 0 Å². The number of benzene rings is 1. The summed E-state index contributed by atoms with van der Waals surface area (Å²) in [7, 11) is 0. The molecule has 0 aromatic heterocycles. The number of carbonyl (C=O) groups is 1. The van der Waals surface area contributed by atoms with Crippen molar-refractivity contribution in [3.05, 3.63) is 24.3 Å². The van der Waals surface area contributed by atoms with Gasteiger partial charge in [-0.15, -0.1) is 0 Å². The van der Waals surface area contributed by atoms with Crippen molar-refractivity contribution in [3.8, 4) is 5.75 Å². The molecule has 1 aliphatic rings. The Balaban J connectivity index is 1.81. The number of nitrogens with one attached hydrogen (secondary N) is 2. The van der Waals surface area contributed by atoms with Gasteiger partial charge in [-0.25, -0.2) is 0 Å². The normalized spacial score (nSPS) is 18.2. The molecule has 1 saturated heterocycles. The molecule has 1 amide bonds. The number of amides is 1. The first-order valence-corrected chi connectivity index (χ1v) is 8.02. The van der Waals surface area contributed by atoms with Gasteiger partial charge in [0.05, 0.1) is 12.3 Å². The maximum Gasteiger partial charge on any atom is 0.224 e. The Bertz CT molecular complexity index is 442. The van der Waals surface area contributed by atoms with Gasteiger partial charge in [-0.1, -0.05) is 19.1 Å². The third-order valence-electron chi connectivity index (χ3n) is 3.80. The van der Waals surface area contributed by atoms with Crippen LogP contribution >= 0.6 is 0 Å². The molecule has 1 aliphatic heterocycles. The van der Waals surface area contributed by atoms with E-state index in [1.54, 1.807) is 0 Å². The minimum absolute atomic E-state index is 0.0770. The van der Waals surface area contributed by atoms with Crippen LogP contribution in [0, 0.1) is 5.92 Å². The molecule has 0 radical (unpaired) electrons. The van der Waals surface area contributed by atoms with Crippen molar-refractivity contribution in [3.63, 3.8) is 0 Å². The molecule has 2 rings (SSSR count). The summed E-state index contributed by atoms with van der Waals surface area (Å²) in [4.78, 5) is 12.1. The largest absolute Gasteiger partial charge is 0.491 e. The SMILES string of the molecule is CCCOc1ccccc1NC(=O)CCC1CCCNC1. The van der Waals surface area contributed by atoms with Crippen LogP contribution in [0.4, 0.5) is 5.69 Å². The number of ether oxygens (including phenoxy) is 1. The van der Waals surface area contributed by atoms with E-state index in [2.05, 4.69) is 17.6 Å². The van der Waals surface area contributed by atoms with Crippen LogP contribution in [-0.4, -0.2) is 25.6 Å². The first kappa shape index (κ1) is 15.8. The van der Waals surface area contributed by atoms with Crippen LogP contribution in [0.1, 0.15) is 39.0 Å². The third kappa shape index (κ3) is 5.38. The molecular weight excluding hydrogens is 264 g/mol. The number of piperidine rings is 1. The van der Waals surface area contributed by atoms with Crippen LogP contribution in [-0.2, 0) is 4.79 Å². The topological polar surface area (TPSA) is 50.4 Å². The van der Waals surface area contributed by atoms with Crippen LogP contribution in [0.2, 0.25) is 0 Å². The van der Waals surface area contributed by atoms with E-state index in [1.807, 2.05) is 24.3 Å². The molecule has 1 heterocycles. The van der Waals surface area contributed by atoms with Gasteiger partial charge in [-0.3, -0.25) is 4.79 Å². The molecule has 1 atom stereocenters. The summed E-state index contributed by atoms with van der Waals surface area (Å²) in [6.45, 7) is 4.90. The van der Waals surface area contributed by atoms with Gasteiger partial charge in [-0.2, -0.15) is 0 Å². The molecule has 2 N–H and O–H groups in total. The second kappa shape index (κ2) is 8.67. The van der Waals surface area contributed by atoms with Gasteiger partial charge in [0.15, 0.2) is 0 Å². The van der Waals surface area contributed by atoms with Crippen molar-refractivity contribution in [2.45, 2.75) is 39.0 Å². The number of anilines is 1. The van der Waals surface area contributed by atoms with Gasteiger partial charge in [0.1, 0.15) is 5.75 Å². The molecule has 0 bridgehead atoms. The predicted molar refractivity (Wildman–Crippen MR) is 85.7 cm³/mol. The standard InChI is InChI=1S/C17H26N2O2/c1-2-12-21-16-8-4-3-7-15(16)19-17(20)10-9-14-6-5-11-18-13-14/h3-4,7-8,14,18H,2,5-6,9-13H2,1H3,(H,19,20). The number of hydrogen-bond acceptors (Lipinski definition) is 3. The van der Waals surface area contributed by atoms with Gasteiger partial charge in [0, 0.05) is 6.42 Å². The highest BCUT2D eigenvalue weighted by molar-refractivity contribution is 5.92. The summed E-state index contributed by atoms with van der Waals surface area (Å²) in [5, 5.41) is 6.36. The fourth-order valence-corrected chi connectivity index (χ4v) is 2.63. The fourth-order valence-electron chi connectivity index (χ4n) is 2.63. The molecule has 1 aromatic rings. The molecule has 21 heavy (non-hydrogen) atoms. The third-order valence-corrected chi connectivity index (χ3v) is 3.80.